The molecule has 3 aromatic carbocycles. The molecule has 0 saturated carbocycles. The molecule has 4 amide bonds. The molecule has 1 heterocycles. The molecule has 3 aromatic rings. The van der Waals surface area contributed by atoms with Crippen molar-refractivity contribution < 1.29 is 23.2 Å². The van der Waals surface area contributed by atoms with Gasteiger partial charge in [-0.05, 0) is 36.2 Å². The zero-order chi connectivity index (χ0) is 24.3. The third-order valence-corrected chi connectivity index (χ3v) is 5.82. The zero-order valence-corrected chi connectivity index (χ0v) is 18.5. The van der Waals surface area contributed by atoms with Gasteiger partial charge in [-0.2, -0.15) is 0 Å². The van der Waals surface area contributed by atoms with Gasteiger partial charge in [0.2, 0.25) is 5.91 Å². The van der Waals surface area contributed by atoms with Gasteiger partial charge in [0.15, 0.2) is 0 Å². The summed E-state index contributed by atoms with van der Waals surface area (Å²) < 4.78 is 28.2. The van der Waals surface area contributed by atoms with E-state index in [4.69, 9.17) is 0 Å². The minimum absolute atomic E-state index is 0.272. The van der Waals surface area contributed by atoms with Gasteiger partial charge >= 0.3 is 6.03 Å². The largest absolute Gasteiger partial charge is 0.332 e. The molecule has 34 heavy (non-hydrogen) atoms. The highest BCUT2D eigenvalue weighted by atomic mass is 19.1. The van der Waals surface area contributed by atoms with Crippen LogP contribution in [-0.4, -0.2) is 34.2 Å². The molecular formula is C26H23F2N3O3. The van der Waals surface area contributed by atoms with Crippen LogP contribution in [0.2, 0.25) is 0 Å². The van der Waals surface area contributed by atoms with Gasteiger partial charge in [0.05, 0.1) is 0 Å². The van der Waals surface area contributed by atoms with Gasteiger partial charge in [0.1, 0.15) is 23.7 Å². The lowest BCUT2D eigenvalue weighted by atomic mass is 9.91. The molecule has 1 aliphatic heterocycles. The first-order chi connectivity index (χ1) is 16.3. The summed E-state index contributed by atoms with van der Waals surface area (Å²) in [6.45, 7) is 1.31. The number of benzene rings is 3. The fourth-order valence-corrected chi connectivity index (χ4v) is 3.98. The van der Waals surface area contributed by atoms with Crippen LogP contribution >= 0.6 is 0 Å². The summed E-state index contributed by atoms with van der Waals surface area (Å²) in [5.74, 6) is -2.86. The Morgan fingerprint density at radius 3 is 2.03 bits per heavy atom. The van der Waals surface area contributed by atoms with E-state index in [1.54, 1.807) is 4.90 Å². The van der Waals surface area contributed by atoms with Crippen LogP contribution in [0.5, 0.6) is 0 Å². The van der Waals surface area contributed by atoms with E-state index in [0.717, 1.165) is 34.2 Å². The van der Waals surface area contributed by atoms with E-state index in [-0.39, 0.29) is 18.7 Å². The Bertz CT molecular complexity index is 1180. The average molecular weight is 463 g/mol. The fourth-order valence-electron chi connectivity index (χ4n) is 3.98. The van der Waals surface area contributed by atoms with E-state index < -0.39 is 41.6 Å². The van der Waals surface area contributed by atoms with Crippen LogP contribution in [0, 0.1) is 11.6 Å². The van der Waals surface area contributed by atoms with Gasteiger partial charge < -0.3 is 10.2 Å². The number of rotatable bonds is 7. The van der Waals surface area contributed by atoms with Crippen LogP contribution in [0.15, 0.2) is 78.9 Å². The second kappa shape index (κ2) is 9.43. The standard InChI is InChI=1S/C26H23F2N3O3/c1-26(21-14-20(27)12-13-22(21)28)24(33)31(25(34)29-26)17-23(32)30(15-18-8-4-2-5-9-18)16-19-10-6-3-7-11-19/h2-14H,15-17H2,1H3,(H,29,34)/t26-/m0/s1. The number of halogens is 2. The number of urea groups is 1. The summed E-state index contributed by atoms with van der Waals surface area (Å²) in [7, 11) is 0. The maximum absolute atomic E-state index is 14.4. The van der Waals surface area contributed by atoms with Crippen molar-refractivity contribution in [1.82, 2.24) is 15.1 Å². The number of imide groups is 1. The summed E-state index contributed by atoms with van der Waals surface area (Å²) in [6.07, 6.45) is 0. The van der Waals surface area contributed by atoms with Crippen molar-refractivity contribution in [3.05, 3.63) is 107 Å². The van der Waals surface area contributed by atoms with Crippen LogP contribution < -0.4 is 5.32 Å². The summed E-state index contributed by atoms with van der Waals surface area (Å²) in [5, 5.41) is 2.42. The van der Waals surface area contributed by atoms with Crippen molar-refractivity contribution in [2.24, 2.45) is 0 Å². The van der Waals surface area contributed by atoms with E-state index in [1.165, 1.54) is 6.92 Å². The van der Waals surface area contributed by atoms with Crippen LogP contribution in [0.3, 0.4) is 0 Å². The molecule has 0 radical (unpaired) electrons. The average Bonchev–Trinajstić information content (AvgIpc) is 3.05. The molecule has 1 atom stereocenters. The fraction of sp³-hybridized carbons (Fsp3) is 0.192. The number of hydrogen-bond acceptors (Lipinski definition) is 3. The Morgan fingerprint density at radius 2 is 1.47 bits per heavy atom. The number of carbonyl (C=O) groups is 3. The van der Waals surface area contributed by atoms with Gasteiger partial charge in [-0.15, -0.1) is 0 Å². The molecule has 6 nitrogen and oxygen atoms in total. The number of carbonyl (C=O) groups excluding carboxylic acids is 3. The summed E-state index contributed by atoms with van der Waals surface area (Å²) in [6, 6.07) is 20.5. The van der Waals surface area contributed by atoms with Gasteiger partial charge in [-0.3, -0.25) is 14.5 Å². The van der Waals surface area contributed by atoms with Gasteiger partial charge in [0.25, 0.3) is 5.91 Å². The summed E-state index contributed by atoms with van der Waals surface area (Å²) >= 11 is 0. The molecule has 1 N–H and O–H groups in total. The summed E-state index contributed by atoms with van der Waals surface area (Å²) in [5.41, 5.74) is -0.356. The first kappa shape index (κ1) is 23.1. The van der Waals surface area contributed by atoms with E-state index in [1.807, 2.05) is 60.7 Å². The van der Waals surface area contributed by atoms with Crippen LogP contribution in [0.4, 0.5) is 13.6 Å². The molecule has 0 aromatic heterocycles. The first-order valence-electron chi connectivity index (χ1n) is 10.7. The Kier molecular flexibility index (Phi) is 6.40. The minimum atomic E-state index is -1.83. The number of amides is 4. The third kappa shape index (κ3) is 4.66. The lowest BCUT2D eigenvalue weighted by Crippen LogP contribution is -2.44. The van der Waals surface area contributed by atoms with Crippen LogP contribution in [0.25, 0.3) is 0 Å². The van der Waals surface area contributed by atoms with Gasteiger partial charge in [-0.25, -0.2) is 13.6 Å². The molecule has 1 saturated heterocycles. The normalized spacial score (nSPS) is 17.6. The van der Waals surface area contributed by atoms with Crippen LogP contribution in [0.1, 0.15) is 23.6 Å². The second-order valence-corrected chi connectivity index (χ2v) is 8.29. The number of nitrogens with one attached hydrogen (secondary N) is 1. The van der Waals surface area contributed by atoms with Crippen molar-refractivity contribution >= 4 is 17.8 Å². The van der Waals surface area contributed by atoms with Crippen molar-refractivity contribution in [2.75, 3.05) is 6.54 Å². The van der Waals surface area contributed by atoms with E-state index >= 15 is 0 Å². The van der Waals surface area contributed by atoms with E-state index in [0.29, 0.717) is 0 Å². The smallest absolute Gasteiger partial charge is 0.325 e. The second-order valence-electron chi connectivity index (χ2n) is 8.29. The molecule has 8 heteroatoms. The van der Waals surface area contributed by atoms with E-state index in [2.05, 4.69) is 5.32 Å². The maximum atomic E-state index is 14.4. The Balaban J connectivity index is 1.57. The SMILES string of the molecule is C[C@@]1(c2cc(F)ccc2F)NC(=O)N(CC(=O)N(Cc2ccccc2)Cc2ccccc2)C1=O. The van der Waals surface area contributed by atoms with Gasteiger partial charge in [-0.1, -0.05) is 60.7 Å². The van der Waals surface area contributed by atoms with Crippen molar-refractivity contribution in [2.45, 2.75) is 25.6 Å². The molecular weight excluding hydrogens is 440 g/mol. The van der Waals surface area contributed by atoms with Crippen molar-refractivity contribution in [3.8, 4) is 0 Å². The molecule has 0 bridgehead atoms. The molecule has 0 aliphatic carbocycles. The van der Waals surface area contributed by atoms with E-state index in [9.17, 15) is 23.2 Å². The van der Waals surface area contributed by atoms with Crippen molar-refractivity contribution in [3.63, 3.8) is 0 Å². The third-order valence-electron chi connectivity index (χ3n) is 5.82. The number of nitrogens with zero attached hydrogens (tertiary/aromatic N) is 2. The zero-order valence-electron chi connectivity index (χ0n) is 18.5. The highest BCUT2D eigenvalue weighted by molar-refractivity contribution is 6.09. The molecule has 0 spiro atoms. The first-order valence-corrected chi connectivity index (χ1v) is 10.7. The molecule has 1 fully saturated rings. The van der Waals surface area contributed by atoms with Crippen molar-refractivity contribution in [1.29, 1.82) is 0 Å². The lowest BCUT2D eigenvalue weighted by molar-refractivity contribution is -0.139. The lowest BCUT2D eigenvalue weighted by Gasteiger charge is -2.26. The monoisotopic (exact) mass is 463 g/mol. The molecule has 174 valence electrons. The Hall–Kier alpha value is -4.07. The summed E-state index contributed by atoms with van der Waals surface area (Å²) in [4.78, 5) is 41.4. The quantitative estimate of drug-likeness (QED) is 0.540. The minimum Gasteiger partial charge on any atom is -0.332 e. The highest BCUT2D eigenvalue weighted by Gasteiger charge is 2.51. The predicted octanol–water partition coefficient (Wildman–Crippen LogP) is 3.96. The molecule has 0 unspecified atom stereocenters. The van der Waals surface area contributed by atoms with Gasteiger partial charge in [0, 0.05) is 18.7 Å². The molecule has 1 aliphatic rings. The molecule has 4 rings (SSSR count). The topological polar surface area (TPSA) is 69.7 Å². The Labute approximate surface area is 195 Å². The predicted molar refractivity (Wildman–Crippen MR) is 121 cm³/mol. The number of hydrogen-bond donors (Lipinski definition) is 1. The Morgan fingerprint density at radius 1 is 0.912 bits per heavy atom. The highest BCUT2D eigenvalue weighted by Crippen LogP contribution is 2.31. The maximum Gasteiger partial charge on any atom is 0.325 e. The van der Waals surface area contributed by atoms with Crippen LogP contribution in [-0.2, 0) is 28.2 Å².